The number of carbonyl (C=O) groups excluding carboxylic acids is 1. The number of benzene rings is 2. The molecule has 4 nitrogen and oxygen atoms in total. The standard InChI is InChI=1S/C18H20N2O2/c1-3-12-20-17(13-8-10-14(22-2)11-9-13)19-16-7-5-4-6-15(16)18(20)21/h4-11,17,19H,3,12H2,1-2H3/t17-/m1/s1. The average Bonchev–Trinajstić information content (AvgIpc) is 2.57. The highest BCUT2D eigenvalue weighted by atomic mass is 16.5. The summed E-state index contributed by atoms with van der Waals surface area (Å²) < 4.78 is 5.21. The Morgan fingerprint density at radius 3 is 2.55 bits per heavy atom. The highest BCUT2D eigenvalue weighted by Crippen LogP contribution is 2.33. The normalized spacial score (nSPS) is 16.9. The van der Waals surface area contributed by atoms with Crippen LogP contribution in [0, 0.1) is 0 Å². The van der Waals surface area contributed by atoms with Crippen LogP contribution in [0.1, 0.15) is 35.4 Å². The summed E-state index contributed by atoms with van der Waals surface area (Å²) in [5, 5.41) is 3.48. The van der Waals surface area contributed by atoms with E-state index in [2.05, 4.69) is 12.2 Å². The van der Waals surface area contributed by atoms with E-state index in [-0.39, 0.29) is 12.1 Å². The fourth-order valence-corrected chi connectivity index (χ4v) is 2.81. The Morgan fingerprint density at radius 1 is 1.14 bits per heavy atom. The van der Waals surface area contributed by atoms with Crippen molar-refractivity contribution in [2.75, 3.05) is 19.0 Å². The molecule has 2 aromatic carbocycles. The van der Waals surface area contributed by atoms with Crippen LogP contribution in [-0.2, 0) is 0 Å². The second-order valence-corrected chi connectivity index (χ2v) is 5.36. The van der Waals surface area contributed by atoms with Gasteiger partial charge in [0.25, 0.3) is 5.91 Å². The third kappa shape index (κ3) is 2.52. The number of ether oxygens (including phenoxy) is 1. The van der Waals surface area contributed by atoms with Gasteiger partial charge in [-0.15, -0.1) is 0 Å². The lowest BCUT2D eigenvalue weighted by molar-refractivity contribution is 0.0683. The van der Waals surface area contributed by atoms with Gasteiger partial charge in [0.15, 0.2) is 0 Å². The molecule has 3 rings (SSSR count). The van der Waals surface area contributed by atoms with Crippen molar-refractivity contribution in [1.29, 1.82) is 0 Å². The molecule has 1 atom stereocenters. The zero-order chi connectivity index (χ0) is 15.5. The molecule has 0 radical (unpaired) electrons. The quantitative estimate of drug-likeness (QED) is 0.936. The second-order valence-electron chi connectivity index (χ2n) is 5.36. The Morgan fingerprint density at radius 2 is 1.86 bits per heavy atom. The number of fused-ring (bicyclic) bond motifs is 1. The summed E-state index contributed by atoms with van der Waals surface area (Å²) in [5.74, 6) is 0.894. The number of hydrogen-bond donors (Lipinski definition) is 1. The van der Waals surface area contributed by atoms with Crippen LogP contribution >= 0.6 is 0 Å². The molecule has 0 saturated heterocycles. The average molecular weight is 296 g/mol. The predicted octanol–water partition coefficient (Wildman–Crippen LogP) is 3.67. The SMILES string of the molecule is CCCN1C(=O)c2ccccc2N[C@H]1c1ccc(OC)cc1. The van der Waals surface area contributed by atoms with Crippen LogP contribution in [0.15, 0.2) is 48.5 Å². The lowest BCUT2D eigenvalue weighted by atomic mass is 10.0. The van der Waals surface area contributed by atoms with Crippen LogP contribution in [0.4, 0.5) is 5.69 Å². The largest absolute Gasteiger partial charge is 0.497 e. The highest BCUT2D eigenvalue weighted by molar-refractivity contribution is 6.01. The van der Waals surface area contributed by atoms with E-state index in [9.17, 15) is 4.79 Å². The number of nitrogens with one attached hydrogen (secondary N) is 1. The Hall–Kier alpha value is -2.49. The third-order valence-electron chi connectivity index (χ3n) is 3.92. The molecule has 1 aliphatic heterocycles. The van der Waals surface area contributed by atoms with Crippen molar-refractivity contribution in [1.82, 2.24) is 4.90 Å². The second kappa shape index (κ2) is 6.10. The maximum absolute atomic E-state index is 12.8. The van der Waals surface area contributed by atoms with Gasteiger partial charge in [-0.05, 0) is 36.2 Å². The fraction of sp³-hybridized carbons (Fsp3) is 0.278. The maximum Gasteiger partial charge on any atom is 0.257 e. The molecule has 0 unspecified atom stereocenters. The van der Waals surface area contributed by atoms with Gasteiger partial charge in [0, 0.05) is 12.2 Å². The van der Waals surface area contributed by atoms with Crippen LogP contribution in [-0.4, -0.2) is 24.5 Å². The molecule has 1 heterocycles. The first kappa shape index (κ1) is 14.4. The molecule has 22 heavy (non-hydrogen) atoms. The molecule has 1 amide bonds. The fourth-order valence-electron chi connectivity index (χ4n) is 2.81. The predicted molar refractivity (Wildman–Crippen MR) is 87.1 cm³/mol. The van der Waals surface area contributed by atoms with Gasteiger partial charge in [0.2, 0.25) is 0 Å². The maximum atomic E-state index is 12.8. The van der Waals surface area contributed by atoms with Gasteiger partial charge in [0.05, 0.1) is 12.7 Å². The zero-order valence-electron chi connectivity index (χ0n) is 12.9. The van der Waals surface area contributed by atoms with Crippen molar-refractivity contribution in [3.05, 3.63) is 59.7 Å². The first-order valence-electron chi connectivity index (χ1n) is 7.55. The van der Waals surface area contributed by atoms with Crippen LogP contribution in [0.5, 0.6) is 5.75 Å². The van der Waals surface area contributed by atoms with E-state index in [0.717, 1.165) is 35.5 Å². The minimum atomic E-state index is -0.145. The summed E-state index contributed by atoms with van der Waals surface area (Å²) >= 11 is 0. The summed E-state index contributed by atoms with van der Waals surface area (Å²) in [7, 11) is 1.65. The van der Waals surface area contributed by atoms with Crippen LogP contribution in [0.2, 0.25) is 0 Å². The molecule has 0 bridgehead atoms. The number of amides is 1. The smallest absolute Gasteiger partial charge is 0.257 e. The molecular weight excluding hydrogens is 276 g/mol. The molecule has 1 N–H and O–H groups in total. The van der Waals surface area contributed by atoms with Gasteiger partial charge in [-0.1, -0.05) is 31.2 Å². The van der Waals surface area contributed by atoms with E-state index >= 15 is 0 Å². The van der Waals surface area contributed by atoms with Gasteiger partial charge in [-0.2, -0.15) is 0 Å². The molecule has 0 aromatic heterocycles. The number of para-hydroxylation sites is 1. The van der Waals surface area contributed by atoms with E-state index in [4.69, 9.17) is 4.74 Å². The van der Waals surface area contributed by atoms with Gasteiger partial charge >= 0.3 is 0 Å². The van der Waals surface area contributed by atoms with Crippen LogP contribution in [0.25, 0.3) is 0 Å². The topological polar surface area (TPSA) is 41.6 Å². The van der Waals surface area contributed by atoms with Crippen molar-refractivity contribution in [3.63, 3.8) is 0 Å². The van der Waals surface area contributed by atoms with Crippen LogP contribution in [0.3, 0.4) is 0 Å². The molecule has 2 aromatic rings. The van der Waals surface area contributed by atoms with Gasteiger partial charge in [-0.25, -0.2) is 0 Å². The minimum absolute atomic E-state index is 0.0806. The van der Waals surface area contributed by atoms with Crippen molar-refractivity contribution >= 4 is 11.6 Å². The lowest BCUT2D eigenvalue weighted by Gasteiger charge is -2.38. The molecule has 114 valence electrons. The number of hydrogen-bond acceptors (Lipinski definition) is 3. The van der Waals surface area contributed by atoms with E-state index in [1.54, 1.807) is 7.11 Å². The zero-order valence-corrected chi connectivity index (χ0v) is 12.9. The first-order chi connectivity index (χ1) is 10.7. The monoisotopic (exact) mass is 296 g/mol. The summed E-state index contributed by atoms with van der Waals surface area (Å²) in [4.78, 5) is 14.7. The van der Waals surface area contributed by atoms with Crippen molar-refractivity contribution in [2.45, 2.75) is 19.5 Å². The Kier molecular flexibility index (Phi) is 4.00. The summed E-state index contributed by atoms with van der Waals surface area (Å²) in [6.45, 7) is 2.80. The summed E-state index contributed by atoms with van der Waals surface area (Å²) in [6.07, 6.45) is 0.774. The number of anilines is 1. The third-order valence-corrected chi connectivity index (χ3v) is 3.92. The lowest BCUT2D eigenvalue weighted by Crippen LogP contribution is -2.43. The van der Waals surface area contributed by atoms with E-state index < -0.39 is 0 Å². The summed E-state index contributed by atoms with van der Waals surface area (Å²) in [6, 6.07) is 15.5. The molecule has 0 saturated carbocycles. The highest BCUT2D eigenvalue weighted by Gasteiger charge is 2.31. The van der Waals surface area contributed by atoms with Gasteiger partial charge < -0.3 is 15.0 Å². The first-order valence-corrected chi connectivity index (χ1v) is 7.55. The Balaban J connectivity index is 1.99. The van der Waals surface area contributed by atoms with E-state index in [1.807, 2.05) is 53.4 Å². The number of methoxy groups -OCH3 is 1. The minimum Gasteiger partial charge on any atom is -0.497 e. The number of rotatable bonds is 4. The van der Waals surface area contributed by atoms with E-state index in [1.165, 1.54) is 0 Å². The number of nitrogens with zero attached hydrogens (tertiary/aromatic N) is 1. The van der Waals surface area contributed by atoms with Gasteiger partial charge in [-0.3, -0.25) is 4.79 Å². The molecule has 0 spiro atoms. The summed E-state index contributed by atoms with van der Waals surface area (Å²) in [5.41, 5.74) is 2.68. The number of carbonyl (C=O) groups is 1. The molecule has 4 heteroatoms. The van der Waals surface area contributed by atoms with Crippen LogP contribution < -0.4 is 10.1 Å². The molecule has 0 fully saturated rings. The Bertz CT molecular complexity index is 667. The van der Waals surface area contributed by atoms with Crippen molar-refractivity contribution < 1.29 is 9.53 Å². The van der Waals surface area contributed by atoms with E-state index in [0.29, 0.717) is 0 Å². The molecule has 0 aliphatic carbocycles. The van der Waals surface area contributed by atoms with Crippen molar-refractivity contribution in [3.8, 4) is 5.75 Å². The Labute approximate surface area is 130 Å². The van der Waals surface area contributed by atoms with Crippen molar-refractivity contribution in [2.24, 2.45) is 0 Å². The van der Waals surface area contributed by atoms with Gasteiger partial charge in [0.1, 0.15) is 11.9 Å². The molecular formula is C18H20N2O2. The molecule has 1 aliphatic rings.